The molecule has 0 radical (unpaired) electrons. The monoisotopic (exact) mass is 697 g/mol. The summed E-state index contributed by atoms with van der Waals surface area (Å²) in [4.78, 5) is 24.0. The normalized spacial score (nSPS) is 22.4. The topological polar surface area (TPSA) is 100 Å². The summed E-state index contributed by atoms with van der Waals surface area (Å²) in [5, 5.41) is 12.8. The summed E-state index contributed by atoms with van der Waals surface area (Å²) in [5.74, 6) is -1.80. The maximum atomic E-state index is 14.3. The molecule has 1 aliphatic carbocycles. The minimum absolute atomic E-state index is 0.00102. The molecule has 4 rings (SSSR count). The summed E-state index contributed by atoms with van der Waals surface area (Å²) in [6.07, 6.45) is -1.42. The minimum Gasteiger partial charge on any atom is -0.493 e. The summed E-state index contributed by atoms with van der Waals surface area (Å²) in [5.41, 5.74) is 1.38. The molecule has 0 unspecified atom stereocenters. The predicted octanol–water partition coefficient (Wildman–Crippen LogP) is 6.32. The van der Waals surface area contributed by atoms with Gasteiger partial charge < -0.3 is 30.1 Å². The van der Waals surface area contributed by atoms with Crippen LogP contribution in [-0.2, 0) is 10.2 Å². The van der Waals surface area contributed by atoms with Gasteiger partial charge in [-0.25, -0.2) is 14.0 Å². The Morgan fingerprint density at radius 1 is 1.10 bits per heavy atom. The zero-order valence-electron chi connectivity index (χ0n) is 21.9. The molecule has 3 atom stereocenters. The first-order valence-electron chi connectivity index (χ1n) is 12.2. The van der Waals surface area contributed by atoms with Crippen LogP contribution >= 0.6 is 31.9 Å². The van der Waals surface area contributed by atoms with Crippen LogP contribution in [0.25, 0.3) is 0 Å². The van der Waals surface area contributed by atoms with Crippen molar-refractivity contribution in [2.45, 2.75) is 49.4 Å². The van der Waals surface area contributed by atoms with Crippen LogP contribution < -0.4 is 20.1 Å². The second-order valence-electron chi connectivity index (χ2n) is 9.59. The Bertz CT molecular complexity index is 1230. The van der Waals surface area contributed by atoms with Crippen molar-refractivity contribution in [2.24, 2.45) is 0 Å². The number of anilines is 1. The number of nitrogens with one attached hydrogen (secondary N) is 2. The van der Waals surface area contributed by atoms with E-state index in [4.69, 9.17) is 19.4 Å². The Labute approximate surface area is 245 Å². The number of ether oxygens (including phenoxy) is 2. The lowest BCUT2D eigenvalue weighted by atomic mass is 9.65. The first kappa shape index (κ1) is 31.9. The number of likely N-dealkylation sites (N-methyl/N-ethyl adjacent to an activating group) is 1. The van der Waals surface area contributed by atoms with E-state index in [2.05, 4.69) is 66.6 Å². The number of hydrogen-bond donors (Lipinski definition) is 3. The largest absolute Gasteiger partial charge is 0.493 e. The number of methoxy groups -OCH3 is 2. The molecule has 2 aromatic carbocycles. The van der Waals surface area contributed by atoms with Crippen molar-refractivity contribution in [3.63, 3.8) is 0 Å². The summed E-state index contributed by atoms with van der Waals surface area (Å²) in [7, 11) is 5.44. The molecule has 2 aliphatic rings. The molecule has 0 bridgehead atoms. The maximum Gasteiger partial charge on any atom is 0.490 e. The maximum absolute atomic E-state index is 14.3. The van der Waals surface area contributed by atoms with Crippen LogP contribution in [0.2, 0.25) is 0 Å². The van der Waals surface area contributed by atoms with Crippen LogP contribution in [-0.4, -0.2) is 68.1 Å². The van der Waals surface area contributed by atoms with Crippen molar-refractivity contribution in [2.75, 3.05) is 33.1 Å². The molecule has 14 heteroatoms. The van der Waals surface area contributed by atoms with E-state index < -0.39 is 24.0 Å². The number of carbonyl (C=O) groups excluding carboxylic acids is 1. The van der Waals surface area contributed by atoms with Crippen molar-refractivity contribution in [3.05, 3.63) is 50.7 Å². The standard InChI is InChI=1S/C24H28Br2FN3O3.C2HF3O2/c1-30-9-8-24(14-4-5-19(32-2)20(10-14)33-3)7-6-16(13-21(24)30)28-23(31)29-22-17(26)11-15(25)12-18(22)27;3-2(4,5)1(6)7/h4-5,10-12,16,21H,6-9,13H2,1-3H3,(H2,28,29,31);(H,6,7)/t16-,21+,24+;/m1./s1. The zero-order valence-corrected chi connectivity index (χ0v) is 25.0. The average Bonchev–Trinajstić information content (AvgIpc) is 3.22. The summed E-state index contributed by atoms with van der Waals surface area (Å²) in [6, 6.07) is 9.12. The Morgan fingerprint density at radius 3 is 2.33 bits per heavy atom. The predicted molar refractivity (Wildman–Crippen MR) is 148 cm³/mol. The first-order chi connectivity index (χ1) is 18.7. The number of nitrogens with zero attached hydrogens (tertiary/aromatic N) is 1. The lowest BCUT2D eigenvalue weighted by molar-refractivity contribution is -0.192. The number of carbonyl (C=O) groups is 2. The van der Waals surface area contributed by atoms with Gasteiger partial charge in [0.2, 0.25) is 0 Å². The molecule has 8 nitrogen and oxygen atoms in total. The molecule has 2 amide bonds. The molecule has 40 heavy (non-hydrogen) atoms. The van der Waals surface area contributed by atoms with E-state index in [0.717, 1.165) is 43.7 Å². The van der Waals surface area contributed by atoms with E-state index in [1.165, 1.54) is 11.6 Å². The molecule has 220 valence electrons. The smallest absolute Gasteiger partial charge is 0.490 e. The van der Waals surface area contributed by atoms with Crippen LogP contribution in [0.5, 0.6) is 11.5 Å². The van der Waals surface area contributed by atoms with Gasteiger partial charge in [-0.3, -0.25) is 0 Å². The zero-order chi connectivity index (χ0) is 29.8. The van der Waals surface area contributed by atoms with Crippen molar-refractivity contribution in [1.82, 2.24) is 10.2 Å². The quantitative estimate of drug-likeness (QED) is 0.317. The Kier molecular flexibility index (Phi) is 10.3. The second kappa shape index (κ2) is 12.9. The number of rotatable bonds is 5. The van der Waals surface area contributed by atoms with E-state index >= 15 is 0 Å². The fourth-order valence-electron chi connectivity index (χ4n) is 5.39. The third-order valence-electron chi connectivity index (χ3n) is 7.31. The number of aliphatic carboxylic acids is 1. The van der Waals surface area contributed by atoms with Gasteiger partial charge >= 0.3 is 18.2 Å². The van der Waals surface area contributed by atoms with Gasteiger partial charge in [-0.1, -0.05) is 22.0 Å². The fourth-order valence-corrected chi connectivity index (χ4v) is 6.66. The number of alkyl halides is 3. The van der Waals surface area contributed by atoms with Crippen molar-refractivity contribution in [3.8, 4) is 11.5 Å². The number of carboxylic acids is 1. The van der Waals surface area contributed by atoms with Gasteiger partial charge in [0.1, 0.15) is 5.82 Å². The van der Waals surface area contributed by atoms with Crippen molar-refractivity contribution >= 4 is 49.5 Å². The number of fused-ring (bicyclic) bond motifs is 1. The van der Waals surface area contributed by atoms with Crippen LogP contribution in [0.15, 0.2) is 39.3 Å². The van der Waals surface area contributed by atoms with Crippen molar-refractivity contribution < 1.29 is 41.7 Å². The molecule has 3 N–H and O–H groups in total. The van der Waals surface area contributed by atoms with Gasteiger partial charge in [0, 0.05) is 26.4 Å². The van der Waals surface area contributed by atoms with Gasteiger partial charge in [-0.05, 0) is 85.0 Å². The van der Waals surface area contributed by atoms with Gasteiger partial charge in [0.25, 0.3) is 0 Å². The highest BCUT2D eigenvalue weighted by Crippen LogP contribution is 2.50. The van der Waals surface area contributed by atoms with E-state index in [1.807, 2.05) is 6.07 Å². The van der Waals surface area contributed by atoms with Crippen LogP contribution in [0.3, 0.4) is 0 Å². The third kappa shape index (κ3) is 7.19. The average molecular weight is 699 g/mol. The number of carboxylic acid groups (broad SMARTS) is 1. The summed E-state index contributed by atoms with van der Waals surface area (Å²) < 4.78 is 58.1. The highest BCUT2D eigenvalue weighted by molar-refractivity contribution is 9.11. The number of urea groups is 1. The lowest BCUT2D eigenvalue weighted by Gasteiger charge is -2.45. The third-order valence-corrected chi connectivity index (χ3v) is 8.39. The molecule has 1 aliphatic heterocycles. The van der Waals surface area contributed by atoms with Crippen LogP contribution in [0.4, 0.5) is 28.0 Å². The molecular weight excluding hydrogens is 670 g/mol. The highest BCUT2D eigenvalue weighted by Gasteiger charge is 2.50. The summed E-state index contributed by atoms with van der Waals surface area (Å²) in [6.45, 7) is 0.995. The molecule has 2 fully saturated rings. The Balaban J connectivity index is 0.000000559. The number of likely N-dealkylation sites (tertiary alicyclic amines) is 1. The van der Waals surface area contributed by atoms with E-state index in [-0.39, 0.29) is 23.2 Å². The SMILES string of the molecule is COc1ccc([C@@]23CC[C@@H](NC(=O)Nc4c(F)cc(Br)cc4Br)C[C@@H]2N(C)CC3)cc1OC.O=C(O)C(F)(F)F. The second-order valence-corrected chi connectivity index (χ2v) is 11.4. The number of benzene rings is 2. The molecular formula is C26H29Br2F4N3O5. The van der Waals surface area contributed by atoms with Crippen LogP contribution in [0.1, 0.15) is 31.2 Å². The van der Waals surface area contributed by atoms with Gasteiger partial charge in [-0.15, -0.1) is 0 Å². The van der Waals surface area contributed by atoms with Crippen molar-refractivity contribution in [1.29, 1.82) is 0 Å². The van der Waals surface area contributed by atoms with Crippen LogP contribution in [0, 0.1) is 5.82 Å². The van der Waals surface area contributed by atoms with Gasteiger partial charge in [0.05, 0.1) is 19.9 Å². The first-order valence-corrected chi connectivity index (χ1v) is 13.8. The molecule has 0 aromatic heterocycles. The van der Waals surface area contributed by atoms with Gasteiger partial charge in [-0.2, -0.15) is 13.2 Å². The lowest BCUT2D eigenvalue weighted by Crippen LogP contribution is -2.52. The minimum atomic E-state index is -5.08. The Morgan fingerprint density at radius 2 is 1.75 bits per heavy atom. The molecule has 1 saturated heterocycles. The molecule has 2 aromatic rings. The Hall–Kier alpha value is -2.58. The molecule has 1 saturated carbocycles. The van der Waals surface area contributed by atoms with E-state index in [0.29, 0.717) is 8.95 Å². The number of halogens is 6. The number of amides is 2. The fraction of sp³-hybridized carbons (Fsp3) is 0.462. The highest BCUT2D eigenvalue weighted by atomic mass is 79.9. The van der Waals surface area contributed by atoms with Gasteiger partial charge in [0.15, 0.2) is 11.5 Å². The summed E-state index contributed by atoms with van der Waals surface area (Å²) >= 11 is 6.56. The van der Waals surface area contributed by atoms with E-state index in [9.17, 15) is 22.4 Å². The van der Waals surface area contributed by atoms with E-state index in [1.54, 1.807) is 20.3 Å². The number of hydrogen-bond acceptors (Lipinski definition) is 5. The molecule has 1 heterocycles. The molecule has 0 spiro atoms.